The number of piperidine rings is 1. The quantitative estimate of drug-likeness (QED) is 0.923. The second-order valence-corrected chi connectivity index (χ2v) is 5.80. The minimum atomic E-state index is 0.303. The number of halogens is 1. The van der Waals surface area contributed by atoms with E-state index in [1.165, 1.54) is 12.8 Å². The number of ether oxygens (including phenoxy) is 1. The molecule has 0 amide bonds. The Labute approximate surface area is 120 Å². The topological polar surface area (TPSA) is 38.5 Å². The van der Waals surface area contributed by atoms with E-state index in [0.717, 1.165) is 36.0 Å². The molecule has 1 saturated heterocycles. The maximum Gasteiger partial charge on any atom is 0.124 e. The smallest absolute Gasteiger partial charge is 0.124 e. The molecular formula is C15H23ClN2O. The predicted molar refractivity (Wildman–Crippen MR) is 79.7 cm³/mol. The maximum atomic E-state index is 6.28. The molecule has 0 saturated carbocycles. The van der Waals surface area contributed by atoms with Crippen molar-refractivity contribution in [2.75, 3.05) is 20.2 Å². The lowest BCUT2D eigenvalue weighted by Crippen LogP contribution is -2.39. The predicted octanol–water partition coefficient (Wildman–Crippen LogP) is 2.91. The van der Waals surface area contributed by atoms with Crippen molar-refractivity contribution in [3.63, 3.8) is 0 Å². The molecule has 1 aromatic carbocycles. The van der Waals surface area contributed by atoms with Crippen LogP contribution in [0.3, 0.4) is 0 Å². The Bertz CT molecular complexity index is 415. The van der Waals surface area contributed by atoms with Crippen molar-refractivity contribution < 1.29 is 4.74 Å². The lowest BCUT2D eigenvalue weighted by Gasteiger charge is -2.34. The van der Waals surface area contributed by atoms with Crippen LogP contribution in [0, 0.1) is 5.92 Å². The third-order valence-corrected chi connectivity index (χ3v) is 4.41. The molecule has 1 aromatic rings. The average molecular weight is 283 g/mol. The van der Waals surface area contributed by atoms with E-state index in [1.807, 2.05) is 18.2 Å². The lowest BCUT2D eigenvalue weighted by atomic mass is 9.91. The Morgan fingerprint density at radius 1 is 1.42 bits per heavy atom. The van der Waals surface area contributed by atoms with Crippen molar-refractivity contribution in [3.8, 4) is 5.75 Å². The molecule has 106 valence electrons. The van der Waals surface area contributed by atoms with Gasteiger partial charge >= 0.3 is 0 Å². The molecule has 1 unspecified atom stereocenters. The van der Waals surface area contributed by atoms with Gasteiger partial charge in [0.15, 0.2) is 0 Å². The van der Waals surface area contributed by atoms with E-state index in [9.17, 15) is 0 Å². The van der Waals surface area contributed by atoms with Crippen LogP contribution in [0.2, 0.25) is 5.02 Å². The van der Waals surface area contributed by atoms with Crippen molar-refractivity contribution >= 4 is 11.6 Å². The van der Waals surface area contributed by atoms with Gasteiger partial charge in [-0.15, -0.1) is 0 Å². The molecule has 1 aliphatic heterocycles. The van der Waals surface area contributed by atoms with Crippen molar-refractivity contribution in [2.45, 2.75) is 32.4 Å². The summed E-state index contributed by atoms with van der Waals surface area (Å²) in [4.78, 5) is 2.43. The highest BCUT2D eigenvalue weighted by Gasteiger charge is 2.23. The van der Waals surface area contributed by atoms with Crippen molar-refractivity contribution in [1.82, 2.24) is 4.90 Å². The van der Waals surface area contributed by atoms with Crippen LogP contribution in [0.5, 0.6) is 5.75 Å². The standard InChI is InChI=1S/C15H23ClN2O/c1-11(17)12-6-8-18(9-7-12)10-13-14(16)4-3-5-15(13)19-2/h3-5,11-12H,6-10,17H2,1-2H3. The van der Waals surface area contributed by atoms with Gasteiger partial charge < -0.3 is 10.5 Å². The van der Waals surface area contributed by atoms with Crippen LogP contribution in [0.15, 0.2) is 18.2 Å². The van der Waals surface area contributed by atoms with Gasteiger partial charge in [0.2, 0.25) is 0 Å². The van der Waals surface area contributed by atoms with E-state index < -0.39 is 0 Å². The molecule has 0 aliphatic carbocycles. The molecule has 0 aromatic heterocycles. The molecule has 2 rings (SSSR count). The molecule has 0 bridgehead atoms. The first-order valence-electron chi connectivity index (χ1n) is 6.91. The number of nitrogens with two attached hydrogens (primary N) is 1. The van der Waals surface area contributed by atoms with Crippen LogP contribution in [0.1, 0.15) is 25.3 Å². The number of benzene rings is 1. The van der Waals surface area contributed by atoms with Crippen LogP contribution in [-0.2, 0) is 6.54 Å². The zero-order valence-electron chi connectivity index (χ0n) is 11.7. The number of rotatable bonds is 4. The van der Waals surface area contributed by atoms with Crippen LogP contribution >= 0.6 is 11.6 Å². The molecule has 3 nitrogen and oxygen atoms in total. The molecule has 1 heterocycles. The Morgan fingerprint density at radius 2 is 2.11 bits per heavy atom. The van der Waals surface area contributed by atoms with E-state index >= 15 is 0 Å². The summed E-state index contributed by atoms with van der Waals surface area (Å²) < 4.78 is 5.40. The number of likely N-dealkylation sites (tertiary alicyclic amines) is 1. The molecule has 0 spiro atoms. The Kier molecular flexibility index (Phi) is 5.08. The van der Waals surface area contributed by atoms with Gasteiger partial charge in [0.05, 0.1) is 7.11 Å². The van der Waals surface area contributed by atoms with Gasteiger partial charge in [-0.25, -0.2) is 0 Å². The second kappa shape index (κ2) is 6.60. The van der Waals surface area contributed by atoms with Crippen LogP contribution in [0.25, 0.3) is 0 Å². The molecule has 1 aliphatic rings. The van der Waals surface area contributed by atoms with Crippen molar-refractivity contribution in [3.05, 3.63) is 28.8 Å². The highest BCUT2D eigenvalue weighted by Crippen LogP contribution is 2.29. The van der Waals surface area contributed by atoms with Gasteiger partial charge in [0, 0.05) is 23.2 Å². The number of hydrogen-bond acceptors (Lipinski definition) is 3. The van der Waals surface area contributed by atoms with Crippen LogP contribution in [-0.4, -0.2) is 31.1 Å². The molecule has 1 fully saturated rings. The van der Waals surface area contributed by atoms with Crippen molar-refractivity contribution in [1.29, 1.82) is 0 Å². The third kappa shape index (κ3) is 3.62. The fraction of sp³-hybridized carbons (Fsp3) is 0.600. The van der Waals surface area contributed by atoms with Gasteiger partial charge in [-0.2, -0.15) is 0 Å². The van der Waals surface area contributed by atoms with Crippen LogP contribution < -0.4 is 10.5 Å². The van der Waals surface area contributed by atoms with E-state index in [-0.39, 0.29) is 0 Å². The molecular weight excluding hydrogens is 260 g/mol. The molecule has 4 heteroatoms. The largest absolute Gasteiger partial charge is 0.496 e. The fourth-order valence-electron chi connectivity index (χ4n) is 2.74. The minimum Gasteiger partial charge on any atom is -0.496 e. The first-order chi connectivity index (χ1) is 9.11. The third-order valence-electron chi connectivity index (χ3n) is 4.05. The van der Waals surface area contributed by atoms with E-state index in [1.54, 1.807) is 7.11 Å². The highest BCUT2D eigenvalue weighted by atomic mass is 35.5. The highest BCUT2D eigenvalue weighted by molar-refractivity contribution is 6.31. The summed E-state index contributed by atoms with van der Waals surface area (Å²) in [5.74, 6) is 1.53. The summed E-state index contributed by atoms with van der Waals surface area (Å²) >= 11 is 6.28. The monoisotopic (exact) mass is 282 g/mol. The summed E-state index contributed by atoms with van der Waals surface area (Å²) in [6.07, 6.45) is 2.34. The number of methoxy groups -OCH3 is 1. The van der Waals surface area contributed by atoms with E-state index in [2.05, 4.69) is 11.8 Å². The average Bonchev–Trinajstić information content (AvgIpc) is 2.41. The van der Waals surface area contributed by atoms with E-state index in [4.69, 9.17) is 22.1 Å². The van der Waals surface area contributed by atoms with Crippen molar-refractivity contribution in [2.24, 2.45) is 11.7 Å². The Morgan fingerprint density at radius 3 is 2.68 bits per heavy atom. The minimum absolute atomic E-state index is 0.303. The summed E-state index contributed by atoms with van der Waals surface area (Å²) in [7, 11) is 1.69. The Balaban J connectivity index is 1.99. The lowest BCUT2D eigenvalue weighted by molar-refractivity contribution is 0.164. The summed E-state index contributed by atoms with van der Waals surface area (Å²) in [5, 5.41) is 0.786. The van der Waals surface area contributed by atoms with E-state index in [0.29, 0.717) is 12.0 Å². The normalized spacial score (nSPS) is 19.4. The van der Waals surface area contributed by atoms with Gasteiger partial charge in [0.25, 0.3) is 0 Å². The number of nitrogens with zero attached hydrogens (tertiary/aromatic N) is 1. The van der Waals surface area contributed by atoms with Crippen LogP contribution in [0.4, 0.5) is 0 Å². The molecule has 0 radical (unpaired) electrons. The fourth-order valence-corrected chi connectivity index (χ4v) is 2.97. The number of hydrogen-bond donors (Lipinski definition) is 1. The molecule has 1 atom stereocenters. The Hall–Kier alpha value is -0.770. The SMILES string of the molecule is COc1cccc(Cl)c1CN1CCC(C(C)N)CC1. The van der Waals surface area contributed by atoms with Gasteiger partial charge in [0.1, 0.15) is 5.75 Å². The first-order valence-corrected chi connectivity index (χ1v) is 7.29. The van der Waals surface area contributed by atoms with Gasteiger partial charge in [-0.05, 0) is 50.9 Å². The first kappa shape index (κ1) is 14.6. The summed E-state index contributed by atoms with van der Waals surface area (Å²) in [6.45, 7) is 5.13. The van der Waals surface area contributed by atoms with Gasteiger partial charge in [-0.1, -0.05) is 17.7 Å². The summed E-state index contributed by atoms with van der Waals surface area (Å²) in [6, 6.07) is 6.12. The zero-order chi connectivity index (χ0) is 13.8. The molecule has 2 N–H and O–H groups in total. The second-order valence-electron chi connectivity index (χ2n) is 5.39. The summed E-state index contributed by atoms with van der Waals surface area (Å²) in [5.41, 5.74) is 7.06. The maximum absolute atomic E-state index is 6.28. The molecule has 19 heavy (non-hydrogen) atoms. The zero-order valence-corrected chi connectivity index (χ0v) is 12.5. The van der Waals surface area contributed by atoms with Gasteiger partial charge in [-0.3, -0.25) is 4.90 Å².